The summed E-state index contributed by atoms with van der Waals surface area (Å²) in [6.07, 6.45) is 4.08. The Kier molecular flexibility index (Phi) is 4.27. The Bertz CT molecular complexity index is 620. The van der Waals surface area contributed by atoms with E-state index in [1.165, 1.54) is 12.8 Å². The molecule has 0 saturated carbocycles. The number of benzene rings is 1. The van der Waals surface area contributed by atoms with Crippen LogP contribution in [0.4, 0.5) is 5.95 Å². The maximum absolute atomic E-state index is 5.83. The summed E-state index contributed by atoms with van der Waals surface area (Å²) in [4.78, 5) is 11.0. The van der Waals surface area contributed by atoms with Gasteiger partial charge in [-0.15, -0.1) is 0 Å². The first-order valence-corrected chi connectivity index (χ1v) is 7.27. The molecule has 22 heavy (non-hydrogen) atoms. The molecule has 1 aromatic carbocycles. The average molecular weight is 301 g/mol. The maximum Gasteiger partial charge on any atom is 0.228 e. The molecule has 1 aliphatic heterocycles. The number of aromatic nitrogens is 2. The number of hydrogen-bond acceptors (Lipinski definition) is 6. The van der Waals surface area contributed by atoms with E-state index in [2.05, 4.69) is 14.9 Å². The van der Waals surface area contributed by atoms with E-state index in [-0.39, 0.29) is 0 Å². The van der Waals surface area contributed by atoms with Gasteiger partial charge in [0.25, 0.3) is 0 Å². The van der Waals surface area contributed by atoms with Crippen molar-refractivity contribution >= 4 is 5.95 Å². The van der Waals surface area contributed by atoms with Crippen molar-refractivity contribution in [3.05, 3.63) is 30.5 Å². The highest BCUT2D eigenvalue weighted by Gasteiger charge is 2.15. The van der Waals surface area contributed by atoms with Gasteiger partial charge in [0.2, 0.25) is 11.8 Å². The first-order valence-electron chi connectivity index (χ1n) is 7.27. The largest absolute Gasteiger partial charge is 0.496 e. The molecule has 116 valence electrons. The smallest absolute Gasteiger partial charge is 0.228 e. The Hall–Kier alpha value is -2.50. The van der Waals surface area contributed by atoms with E-state index >= 15 is 0 Å². The van der Waals surface area contributed by atoms with Gasteiger partial charge in [0.15, 0.2) is 0 Å². The Labute approximate surface area is 129 Å². The zero-order valence-electron chi connectivity index (χ0n) is 12.8. The van der Waals surface area contributed by atoms with E-state index in [0.29, 0.717) is 29.1 Å². The summed E-state index contributed by atoms with van der Waals surface area (Å²) in [7, 11) is 3.21. The Morgan fingerprint density at radius 2 is 1.59 bits per heavy atom. The number of ether oxygens (including phenoxy) is 3. The number of rotatable bonds is 5. The van der Waals surface area contributed by atoms with Gasteiger partial charge in [-0.3, -0.25) is 0 Å². The minimum absolute atomic E-state index is 0.507. The predicted molar refractivity (Wildman–Crippen MR) is 83.1 cm³/mol. The lowest BCUT2D eigenvalue weighted by atomic mass is 10.3. The molecule has 0 bridgehead atoms. The van der Waals surface area contributed by atoms with Gasteiger partial charge in [-0.25, -0.2) is 4.98 Å². The van der Waals surface area contributed by atoms with Crippen molar-refractivity contribution in [3.63, 3.8) is 0 Å². The lowest BCUT2D eigenvalue weighted by Gasteiger charge is -2.15. The van der Waals surface area contributed by atoms with Crippen LogP contribution in [0.5, 0.6) is 23.1 Å². The highest BCUT2D eigenvalue weighted by atomic mass is 16.5. The SMILES string of the molecule is COc1cc(OC)cc(Oc2ccnc(N3CCCC3)n2)c1. The number of hydrogen-bond donors (Lipinski definition) is 0. The third-order valence-electron chi connectivity index (χ3n) is 3.55. The zero-order chi connectivity index (χ0) is 15.4. The summed E-state index contributed by atoms with van der Waals surface area (Å²) < 4.78 is 16.3. The quantitative estimate of drug-likeness (QED) is 0.846. The summed E-state index contributed by atoms with van der Waals surface area (Å²) in [5, 5.41) is 0. The van der Waals surface area contributed by atoms with E-state index in [9.17, 15) is 0 Å². The summed E-state index contributed by atoms with van der Waals surface area (Å²) in [5.74, 6) is 3.17. The lowest BCUT2D eigenvalue weighted by Crippen LogP contribution is -2.20. The number of anilines is 1. The van der Waals surface area contributed by atoms with E-state index in [0.717, 1.165) is 13.1 Å². The van der Waals surface area contributed by atoms with Gasteiger partial charge >= 0.3 is 0 Å². The molecule has 1 saturated heterocycles. The van der Waals surface area contributed by atoms with Crippen LogP contribution >= 0.6 is 0 Å². The van der Waals surface area contributed by atoms with Crippen LogP contribution in [-0.4, -0.2) is 37.3 Å². The van der Waals surface area contributed by atoms with E-state index in [4.69, 9.17) is 14.2 Å². The van der Waals surface area contributed by atoms with Crippen molar-refractivity contribution in [1.82, 2.24) is 9.97 Å². The monoisotopic (exact) mass is 301 g/mol. The molecule has 1 fully saturated rings. The van der Waals surface area contributed by atoms with Crippen LogP contribution < -0.4 is 19.1 Å². The molecule has 3 rings (SSSR count). The van der Waals surface area contributed by atoms with Gasteiger partial charge in [-0.2, -0.15) is 4.98 Å². The van der Waals surface area contributed by atoms with Crippen molar-refractivity contribution in [1.29, 1.82) is 0 Å². The lowest BCUT2D eigenvalue weighted by molar-refractivity contribution is 0.385. The molecule has 0 aliphatic carbocycles. The van der Waals surface area contributed by atoms with Gasteiger partial charge in [0, 0.05) is 43.6 Å². The standard InChI is InChI=1S/C16H19N3O3/c1-20-12-9-13(21-2)11-14(10-12)22-15-5-6-17-16(18-15)19-7-3-4-8-19/h5-6,9-11H,3-4,7-8H2,1-2H3. The first-order chi connectivity index (χ1) is 10.8. The predicted octanol–water partition coefficient (Wildman–Crippen LogP) is 2.89. The van der Waals surface area contributed by atoms with Gasteiger partial charge in [0.05, 0.1) is 14.2 Å². The summed E-state index contributed by atoms with van der Waals surface area (Å²) in [6.45, 7) is 1.99. The fraction of sp³-hybridized carbons (Fsp3) is 0.375. The minimum atomic E-state index is 0.507. The van der Waals surface area contributed by atoms with Gasteiger partial charge in [-0.1, -0.05) is 0 Å². The third kappa shape index (κ3) is 3.21. The van der Waals surface area contributed by atoms with Gasteiger partial charge in [0.1, 0.15) is 17.2 Å². The molecule has 0 atom stereocenters. The molecule has 1 aliphatic rings. The molecule has 0 unspecified atom stereocenters. The number of nitrogens with zero attached hydrogens (tertiary/aromatic N) is 3. The van der Waals surface area contributed by atoms with Crippen LogP contribution in [0.15, 0.2) is 30.5 Å². The molecule has 0 N–H and O–H groups in total. The molecule has 6 nitrogen and oxygen atoms in total. The fourth-order valence-corrected chi connectivity index (χ4v) is 2.42. The van der Waals surface area contributed by atoms with Crippen molar-refractivity contribution < 1.29 is 14.2 Å². The van der Waals surface area contributed by atoms with Crippen LogP contribution in [0.1, 0.15) is 12.8 Å². The Morgan fingerprint density at radius 1 is 0.955 bits per heavy atom. The molecular weight excluding hydrogens is 282 g/mol. The normalized spacial score (nSPS) is 14.0. The molecule has 2 aromatic rings. The van der Waals surface area contributed by atoms with Crippen LogP contribution in [0.25, 0.3) is 0 Å². The van der Waals surface area contributed by atoms with E-state index in [1.54, 1.807) is 44.7 Å². The summed E-state index contributed by atoms with van der Waals surface area (Å²) in [6, 6.07) is 7.12. The van der Waals surface area contributed by atoms with Gasteiger partial charge < -0.3 is 19.1 Å². The Morgan fingerprint density at radius 3 is 2.23 bits per heavy atom. The summed E-state index contributed by atoms with van der Waals surface area (Å²) in [5.41, 5.74) is 0. The first kappa shape index (κ1) is 14.4. The third-order valence-corrected chi connectivity index (χ3v) is 3.55. The molecule has 6 heteroatoms. The molecule has 2 heterocycles. The van der Waals surface area contributed by atoms with Crippen molar-refractivity contribution in [2.45, 2.75) is 12.8 Å². The second-order valence-corrected chi connectivity index (χ2v) is 5.04. The topological polar surface area (TPSA) is 56.7 Å². The zero-order valence-corrected chi connectivity index (χ0v) is 12.8. The second-order valence-electron chi connectivity index (χ2n) is 5.04. The molecule has 1 aromatic heterocycles. The molecule has 0 spiro atoms. The van der Waals surface area contributed by atoms with E-state index in [1.807, 2.05) is 0 Å². The summed E-state index contributed by atoms with van der Waals surface area (Å²) >= 11 is 0. The fourth-order valence-electron chi connectivity index (χ4n) is 2.42. The van der Waals surface area contributed by atoms with Crippen molar-refractivity contribution in [2.24, 2.45) is 0 Å². The van der Waals surface area contributed by atoms with Crippen molar-refractivity contribution in [2.75, 3.05) is 32.2 Å². The molecule has 0 radical (unpaired) electrons. The average Bonchev–Trinajstić information content (AvgIpc) is 3.09. The van der Waals surface area contributed by atoms with E-state index < -0.39 is 0 Å². The highest BCUT2D eigenvalue weighted by Crippen LogP contribution is 2.30. The van der Waals surface area contributed by atoms with Crippen LogP contribution in [0.3, 0.4) is 0 Å². The highest BCUT2D eigenvalue weighted by molar-refractivity contribution is 5.43. The van der Waals surface area contributed by atoms with Gasteiger partial charge in [-0.05, 0) is 12.8 Å². The van der Waals surface area contributed by atoms with Crippen molar-refractivity contribution in [3.8, 4) is 23.1 Å². The second kappa shape index (κ2) is 6.51. The maximum atomic E-state index is 5.83. The molecule has 0 amide bonds. The van der Waals surface area contributed by atoms with Crippen LogP contribution in [0, 0.1) is 0 Å². The van der Waals surface area contributed by atoms with Crippen LogP contribution in [-0.2, 0) is 0 Å². The minimum Gasteiger partial charge on any atom is -0.496 e. The Balaban J connectivity index is 1.82. The molecular formula is C16H19N3O3. The van der Waals surface area contributed by atoms with Crippen LogP contribution in [0.2, 0.25) is 0 Å². The number of methoxy groups -OCH3 is 2.